The quantitative estimate of drug-likeness (QED) is 0.0372. The van der Waals surface area contributed by atoms with Crippen molar-refractivity contribution in [2.45, 2.75) is 273 Å². The van der Waals surface area contributed by atoms with Gasteiger partial charge in [-0.3, -0.25) is 4.79 Å². The average Bonchev–Trinajstić information content (AvgIpc) is 0.711. The zero-order chi connectivity index (χ0) is 63.7. The van der Waals surface area contributed by atoms with Crippen LogP contribution in [-0.4, -0.2) is 268 Å². The average molecular weight is 1250 g/mol. The molecule has 0 aromatic heterocycles. The van der Waals surface area contributed by atoms with Crippen LogP contribution in [-0.2, 0) is 61.8 Å². The van der Waals surface area contributed by atoms with Gasteiger partial charge in [0.1, 0.15) is 103 Å². The van der Waals surface area contributed by atoms with Gasteiger partial charge in [-0.25, -0.2) is 4.79 Å². The largest absolute Gasteiger partial charge is 0.479 e. The van der Waals surface area contributed by atoms with Gasteiger partial charge in [-0.1, -0.05) is 53.2 Å². The van der Waals surface area contributed by atoms with Crippen molar-refractivity contribution >= 4 is 18.2 Å². The van der Waals surface area contributed by atoms with E-state index in [1.807, 2.05) is 0 Å². The number of aliphatic hydroxyl groups excluding tert-OH is 14. The Morgan fingerprint density at radius 1 is 0.598 bits per heavy atom. The van der Waals surface area contributed by atoms with Crippen molar-refractivity contribution in [3.05, 3.63) is 11.6 Å². The zero-order valence-corrected chi connectivity index (χ0v) is 50.2. The number of fused-ring (bicyclic) bond motifs is 7. The predicted molar refractivity (Wildman–Crippen MR) is 289 cm³/mol. The number of hydrogen-bond acceptors (Lipinski definition) is 27. The number of ether oxygens (including phenoxy) is 10. The van der Waals surface area contributed by atoms with Gasteiger partial charge < -0.3 is 129 Å². The second-order valence-electron chi connectivity index (χ2n) is 28.4. The van der Waals surface area contributed by atoms with E-state index in [0.717, 1.165) is 11.9 Å². The highest BCUT2D eigenvalue weighted by atomic mass is 16.8. The van der Waals surface area contributed by atoms with E-state index in [9.17, 15) is 86.2 Å². The van der Waals surface area contributed by atoms with Crippen LogP contribution in [0.15, 0.2) is 11.6 Å². The Balaban J connectivity index is 0.944. The second-order valence-corrected chi connectivity index (χ2v) is 28.4. The van der Waals surface area contributed by atoms with Crippen LogP contribution in [0.4, 0.5) is 0 Å². The molecule has 4 saturated carbocycles. The van der Waals surface area contributed by atoms with E-state index in [0.29, 0.717) is 38.5 Å². The normalized spacial score (nSPS) is 55.0. The summed E-state index contributed by atoms with van der Waals surface area (Å²) < 4.78 is 60.1. The standard InChI is InChI=1S/C59H92O28/c1-22-32(64)36(68)40(72)49(79-22)85-45-38(70)33(65)23(2)80-51(45)87-53(77)59-16-15-54(3,4)17-25(59)24-9-10-29-55(5)13-12-31(56(6,21-61)28(55)11-14-57(29,7)58(24,8)18-30(59)63)82-52-46(86-50-41(73)37(69)35(67)27(19-60)81-50)43(42(74)44(84-52)47(75)76)83-48-39(71)34(66)26(62)20-78-48/h9,21-23,25-46,48-52,60,62-74H,10-20H2,1-8H3,(H,75,76)/t22-,23+,25-,26+,27+,28+,29+,30+,31-,32-,33-,34-,35-,36+,37-,38-,39+,40+,41+,42-,43-,44-,45+,46+,48-,49-,50-,51-,52+,55-,56-,57+,58+,59+/m0/s1. The summed E-state index contributed by atoms with van der Waals surface area (Å²) in [6.07, 6.45) is -38.5. The minimum atomic E-state index is -2.19. The summed E-state index contributed by atoms with van der Waals surface area (Å²) in [5, 5.41) is 164. The van der Waals surface area contributed by atoms with Crippen LogP contribution in [0.25, 0.3) is 0 Å². The first-order valence-corrected chi connectivity index (χ1v) is 30.6. The smallest absolute Gasteiger partial charge is 0.335 e. The summed E-state index contributed by atoms with van der Waals surface area (Å²) in [5.41, 5.74) is -4.33. The Hall–Kier alpha value is -2.57. The number of carboxylic acid groups (broad SMARTS) is 1. The summed E-state index contributed by atoms with van der Waals surface area (Å²) in [6, 6.07) is 0. The van der Waals surface area contributed by atoms with Gasteiger partial charge >= 0.3 is 11.9 Å². The molecule has 0 unspecified atom stereocenters. The molecule has 5 saturated heterocycles. The van der Waals surface area contributed by atoms with Gasteiger partial charge in [-0.15, -0.1) is 0 Å². The fourth-order valence-electron chi connectivity index (χ4n) is 17.5. The molecule has 0 radical (unpaired) electrons. The number of esters is 1. The highest BCUT2D eigenvalue weighted by Gasteiger charge is 2.73. The molecule has 5 heterocycles. The molecule has 10 rings (SSSR count). The number of aldehydes is 1. The van der Waals surface area contributed by atoms with Crippen LogP contribution in [0.5, 0.6) is 0 Å². The summed E-state index contributed by atoms with van der Waals surface area (Å²) in [4.78, 5) is 42.4. The van der Waals surface area contributed by atoms with Crippen LogP contribution in [0.2, 0.25) is 0 Å². The summed E-state index contributed by atoms with van der Waals surface area (Å²) in [6.45, 7) is 13.8. The first-order chi connectivity index (χ1) is 40.7. The van der Waals surface area contributed by atoms with E-state index in [4.69, 9.17) is 47.4 Å². The lowest BCUT2D eigenvalue weighted by Crippen LogP contribution is -2.69. The van der Waals surface area contributed by atoms with Gasteiger partial charge in [0, 0.05) is 0 Å². The third kappa shape index (κ3) is 11.0. The van der Waals surface area contributed by atoms with Crippen LogP contribution < -0.4 is 0 Å². The molecule has 87 heavy (non-hydrogen) atoms. The first kappa shape index (κ1) is 67.3. The molecule has 496 valence electrons. The zero-order valence-electron chi connectivity index (χ0n) is 50.2. The predicted octanol–water partition coefficient (Wildman–Crippen LogP) is -3.27. The van der Waals surface area contributed by atoms with Crippen molar-refractivity contribution in [3.63, 3.8) is 0 Å². The monoisotopic (exact) mass is 1250 g/mol. The maximum Gasteiger partial charge on any atom is 0.335 e. The van der Waals surface area contributed by atoms with Gasteiger partial charge in [-0.05, 0) is 111 Å². The topological polar surface area (TPSA) is 447 Å². The third-order valence-electron chi connectivity index (χ3n) is 23.0. The van der Waals surface area contributed by atoms with Crippen LogP contribution in [0.1, 0.15) is 113 Å². The second kappa shape index (κ2) is 24.4. The molecular weight excluding hydrogens is 1160 g/mol. The lowest BCUT2D eigenvalue weighted by molar-refractivity contribution is -0.391. The molecule has 0 spiro atoms. The number of carbonyl (C=O) groups excluding carboxylic acids is 2. The molecule has 28 heteroatoms. The highest BCUT2D eigenvalue weighted by Crippen LogP contribution is 2.76. The first-order valence-electron chi connectivity index (χ1n) is 30.6. The number of allylic oxidation sites excluding steroid dienone is 2. The van der Waals surface area contributed by atoms with E-state index < -0.39 is 224 Å². The summed E-state index contributed by atoms with van der Waals surface area (Å²) in [5.74, 6) is -3.75. The van der Waals surface area contributed by atoms with E-state index in [1.165, 1.54) is 13.8 Å². The molecule has 28 nitrogen and oxygen atoms in total. The molecule has 0 aromatic carbocycles. The number of carbonyl (C=O) groups is 3. The van der Waals surface area contributed by atoms with Crippen molar-refractivity contribution in [1.82, 2.24) is 0 Å². The van der Waals surface area contributed by atoms with E-state index in [1.54, 1.807) is 6.92 Å². The summed E-state index contributed by atoms with van der Waals surface area (Å²) >= 11 is 0. The highest BCUT2D eigenvalue weighted by molar-refractivity contribution is 5.80. The Bertz CT molecular complexity index is 2520. The molecule has 10 aliphatic rings. The number of rotatable bonds is 13. The SMILES string of the molecule is C[C@@H]1O[C@@H](O[C@H]2[C@H](OC(=O)[C@]34CCC(C)(C)C[C@H]3C3=CC[C@@H]5[C@@]6(C)CC[C@H](O[C@@H]7O[C@H](C(=O)O)[C@@H](O)[C@H](O[C@@H]8OC[C@@H](O)[C@H](O)[C@H]8O)[C@H]7O[C@@H]7O[C@H](CO)[C@H](O)[C@H](O)[C@H]7O)[C@@](C)(C=O)[C@@H]6CC[C@@]5(C)[C@]3(C)C[C@H]4O)O[C@H](C)[C@H](O)[C@@H]2O)[C@H](O)[C@H](O)[C@H]1O. The third-order valence-corrected chi connectivity index (χ3v) is 23.0. The lowest BCUT2D eigenvalue weighted by atomic mass is 9.33. The lowest BCUT2D eigenvalue weighted by Gasteiger charge is -2.71. The van der Waals surface area contributed by atoms with Crippen LogP contribution in [0, 0.1) is 50.2 Å². The van der Waals surface area contributed by atoms with E-state index >= 15 is 4.79 Å². The van der Waals surface area contributed by atoms with Crippen molar-refractivity contribution in [3.8, 4) is 0 Å². The van der Waals surface area contributed by atoms with Gasteiger partial charge in [0.05, 0.1) is 43.0 Å². The Morgan fingerprint density at radius 3 is 1.84 bits per heavy atom. The Morgan fingerprint density at radius 2 is 1.20 bits per heavy atom. The molecule has 0 aromatic rings. The fourth-order valence-corrected chi connectivity index (χ4v) is 17.5. The maximum atomic E-state index is 15.4. The molecule has 5 aliphatic heterocycles. The Labute approximate surface area is 503 Å². The number of hydrogen-bond donors (Lipinski definition) is 15. The van der Waals surface area contributed by atoms with Crippen LogP contribution >= 0.6 is 0 Å². The molecule has 34 atom stereocenters. The number of aliphatic carboxylic acids is 1. The Kier molecular flexibility index (Phi) is 18.9. The molecule has 15 N–H and O–H groups in total. The van der Waals surface area contributed by atoms with E-state index in [-0.39, 0.29) is 30.6 Å². The van der Waals surface area contributed by atoms with Crippen molar-refractivity contribution in [2.24, 2.45) is 50.2 Å². The number of carboxylic acids is 1. The van der Waals surface area contributed by atoms with Gasteiger partial charge in [0.25, 0.3) is 0 Å². The fraction of sp³-hybridized carbons (Fsp3) is 0.915. The number of aliphatic hydroxyl groups is 14. The molecular formula is C59H92O28. The van der Waals surface area contributed by atoms with E-state index in [2.05, 4.69) is 40.7 Å². The summed E-state index contributed by atoms with van der Waals surface area (Å²) in [7, 11) is 0. The van der Waals surface area contributed by atoms with Gasteiger partial charge in [0.2, 0.25) is 6.29 Å². The van der Waals surface area contributed by atoms with Crippen molar-refractivity contribution in [2.75, 3.05) is 13.2 Å². The van der Waals surface area contributed by atoms with Crippen LogP contribution in [0.3, 0.4) is 0 Å². The minimum Gasteiger partial charge on any atom is -0.479 e. The molecule has 5 aliphatic carbocycles. The van der Waals surface area contributed by atoms with Crippen molar-refractivity contribution in [1.29, 1.82) is 0 Å². The van der Waals surface area contributed by atoms with Crippen molar-refractivity contribution < 1.29 is 138 Å². The maximum absolute atomic E-state index is 15.4. The van der Waals surface area contributed by atoms with Gasteiger partial charge in [0.15, 0.2) is 37.4 Å². The molecule has 0 bridgehead atoms. The minimum absolute atomic E-state index is 0.107. The molecule has 9 fully saturated rings. The molecule has 0 amide bonds. The van der Waals surface area contributed by atoms with Gasteiger partial charge in [-0.2, -0.15) is 0 Å².